The van der Waals surface area contributed by atoms with Gasteiger partial charge in [0.05, 0.1) is 17.6 Å². The predicted octanol–water partition coefficient (Wildman–Crippen LogP) is 5.30. The molecule has 5 heteroatoms. The standard InChI is InChI=1S/C28H27NO4/c1-17-4-7-22(16-24(17)23-8-5-20(26(30)31)14-18(23)2)29(3)27(32)28(11-12-28)21-6-9-25-19(15-21)10-13-33-25/h4-9,14-16H,10-13H2,1-3H3,(H,30,31). The summed E-state index contributed by atoms with van der Waals surface area (Å²) in [6, 6.07) is 17.4. The number of carbonyl (C=O) groups excluding carboxylic acids is 1. The van der Waals surface area contributed by atoms with Crippen molar-refractivity contribution in [2.45, 2.75) is 38.5 Å². The molecular weight excluding hydrogens is 414 g/mol. The molecule has 3 aromatic rings. The Kier molecular flexibility index (Phi) is 5.00. The van der Waals surface area contributed by atoms with Crippen molar-refractivity contribution in [3.05, 3.63) is 82.4 Å². The van der Waals surface area contributed by atoms with Gasteiger partial charge in [-0.2, -0.15) is 0 Å². The van der Waals surface area contributed by atoms with Gasteiger partial charge in [-0.25, -0.2) is 4.79 Å². The summed E-state index contributed by atoms with van der Waals surface area (Å²) in [5, 5.41) is 9.28. The van der Waals surface area contributed by atoms with Crippen molar-refractivity contribution in [1.82, 2.24) is 0 Å². The van der Waals surface area contributed by atoms with Gasteiger partial charge in [-0.3, -0.25) is 4.79 Å². The van der Waals surface area contributed by atoms with Crippen molar-refractivity contribution < 1.29 is 19.4 Å². The van der Waals surface area contributed by atoms with E-state index in [1.54, 1.807) is 17.0 Å². The summed E-state index contributed by atoms with van der Waals surface area (Å²) in [6.07, 6.45) is 2.60. The van der Waals surface area contributed by atoms with Crippen molar-refractivity contribution >= 4 is 17.6 Å². The largest absolute Gasteiger partial charge is 0.493 e. The first-order valence-corrected chi connectivity index (χ1v) is 11.3. The van der Waals surface area contributed by atoms with E-state index in [-0.39, 0.29) is 11.5 Å². The molecule has 0 saturated heterocycles. The summed E-state index contributed by atoms with van der Waals surface area (Å²) in [5.74, 6) is 0.102. The number of hydrogen-bond donors (Lipinski definition) is 1. The Labute approximate surface area is 193 Å². The van der Waals surface area contributed by atoms with Crippen LogP contribution in [0, 0.1) is 13.8 Å². The van der Waals surface area contributed by atoms with Gasteiger partial charge in [-0.05, 0) is 90.4 Å². The molecular formula is C28H27NO4. The number of hydrogen-bond acceptors (Lipinski definition) is 3. The lowest BCUT2D eigenvalue weighted by Crippen LogP contribution is -2.36. The maximum absolute atomic E-state index is 13.7. The second kappa shape index (κ2) is 7.77. The number of anilines is 1. The van der Waals surface area contributed by atoms with E-state index < -0.39 is 11.4 Å². The number of ether oxygens (including phenoxy) is 1. The minimum atomic E-state index is -0.937. The Balaban J connectivity index is 1.47. The maximum atomic E-state index is 13.7. The van der Waals surface area contributed by atoms with E-state index in [2.05, 4.69) is 6.07 Å². The third-order valence-electron chi connectivity index (χ3n) is 7.08. The summed E-state index contributed by atoms with van der Waals surface area (Å²) >= 11 is 0. The quantitative estimate of drug-likeness (QED) is 0.584. The van der Waals surface area contributed by atoms with Crippen LogP contribution in [0.5, 0.6) is 5.75 Å². The second-order valence-electron chi connectivity index (χ2n) is 9.20. The normalized spacial score (nSPS) is 15.5. The van der Waals surface area contributed by atoms with Gasteiger partial charge in [0.2, 0.25) is 5.91 Å². The van der Waals surface area contributed by atoms with E-state index in [0.29, 0.717) is 6.61 Å². The Morgan fingerprint density at radius 1 is 0.939 bits per heavy atom. The van der Waals surface area contributed by atoms with Crippen LogP contribution in [0.15, 0.2) is 54.6 Å². The number of likely N-dealkylation sites (N-methyl/N-ethyl adjacent to an activating group) is 1. The van der Waals surface area contributed by atoms with Crippen LogP contribution in [0.3, 0.4) is 0 Å². The lowest BCUT2D eigenvalue weighted by Gasteiger charge is -2.25. The van der Waals surface area contributed by atoms with Gasteiger partial charge >= 0.3 is 5.97 Å². The molecule has 1 saturated carbocycles. The number of amides is 1. The van der Waals surface area contributed by atoms with Crippen molar-refractivity contribution in [2.75, 3.05) is 18.6 Å². The highest BCUT2D eigenvalue weighted by molar-refractivity contribution is 6.03. The van der Waals surface area contributed by atoms with E-state index in [1.165, 1.54) is 5.56 Å². The lowest BCUT2D eigenvalue weighted by atomic mass is 9.91. The molecule has 2 aliphatic rings. The summed E-state index contributed by atoms with van der Waals surface area (Å²) in [6.45, 7) is 4.65. The van der Waals surface area contributed by atoms with Gasteiger partial charge in [0, 0.05) is 19.2 Å². The third-order valence-corrected chi connectivity index (χ3v) is 7.08. The number of carbonyl (C=O) groups is 2. The van der Waals surface area contributed by atoms with Crippen LogP contribution >= 0.6 is 0 Å². The Bertz CT molecular complexity index is 1290. The summed E-state index contributed by atoms with van der Waals surface area (Å²) < 4.78 is 5.63. The molecule has 1 amide bonds. The van der Waals surface area contributed by atoms with Gasteiger partial charge in [0.25, 0.3) is 0 Å². The highest BCUT2D eigenvalue weighted by Crippen LogP contribution is 2.51. The van der Waals surface area contributed by atoms with Crippen molar-refractivity contribution in [2.24, 2.45) is 0 Å². The van der Waals surface area contributed by atoms with E-state index in [4.69, 9.17) is 4.74 Å². The Morgan fingerprint density at radius 2 is 1.73 bits per heavy atom. The van der Waals surface area contributed by atoms with Gasteiger partial charge in [0.15, 0.2) is 0 Å². The molecule has 1 aliphatic carbocycles. The maximum Gasteiger partial charge on any atom is 0.335 e. The fourth-order valence-electron chi connectivity index (χ4n) is 4.88. The number of nitrogens with zero attached hydrogens (tertiary/aromatic N) is 1. The average molecular weight is 442 g/mol. The van der Waals surface area contributed by atoms with Gasteiger partial charge < -0.3 is 14.7 Å². The average Bonchev–Trinajstić information content (AvgIpc) is 3.48. The first-order valence-electron chi connectivity index (χ1n) is 11.3. The molecule has 5 rings (SSSR count). The molecule has 1 N–H and O–H groups in total. The zero-order chi connectivity index (χ0) is 23.3. The molecule has 1 heterocycles. The fourth-order valence-corrected chi connectivity index (χ4v) is 4.88. The first kappa shape index (κ1) is 21.3. The highest BCUT2D eigenvalue weighted by Gasteiger charge is 2.53. The minimum absolute atomic E-state index is 0.106. The van der Waals surface area contributed by atoms with Gasteiger partial charge in [0.1, 0.15) is 5.75 Å². The zero-order valence-electron chi connectivity index (χ0n) is 19.1. The molecule has 0 bridgehead atoms. The number of aryl methyl sites for hydroxylation is 2. The van der Waals surface area contributed by atoms with E-state index in [0.717, 1.165) is 58.5 Å². The SMILES string of the molecule is Cc1cc(C(=O)O)ccc1-c1cc(N(C)C(=O)C2(c3ccc4c(c3)CCO4)CC2)ccc1C. The molecule has 0 spiro atoms. The lowest BCUT2D eigenvalue weighted by molar-refractivity contribution is -0.120. The number of benzene rings is 3. The smallest absolute Gasteiger partial charge is 0.335 e. The van der Waals surface area contributed by atoms with Crippen LogP contribution < -0.4 is 9.64 Å². The van der Waals surface area contributed by atoms with Crippen LogP contribution in [0.1, 0.15) is 45.5 Å². The molecule has 5 nitrogen and oxygen atoms in total. The molecule has 3 aromatic carbocycles. The first-order chi connectivity index (χ1) is 15.8. The highest BCUT2D eigenvalue weighted by atomic mass is 16.5. The summed E-state index contributed by atoms with van der Waals surface area (Å²) in [7, 11) is 1.84. The number of rotatable bonds is 5. The van der Waals surface area contributed by atoms with Crippen LogP contribution in [-0.4, -0.2) is 30.6 Å². The Hall–Kier alpha value is -3.60. The summed E-state index contributed by atoms with van der Waals surface area (Å²) in [5.41, 5.74) is 6.85. The van der Waals surface area contributed by atoms with E-state index in [9.17, 15) is 14.7 Å². The molecule has 0 radical (unpaired) electrons. The number of aromatic carboxylic acids is 1. The zero-order valence-corrected chi connectivity index (χ0v) is 19.1. The topological polar surface area (TPSA) is 66.8 Å². The van der Waals surface area contributed by atoms with Crippen LogP contribution in [0.2, 0.25) is 0 Å². The molecule has 1 fully saturated rings. The molecule has 0 unspecified atom stereocenters. The van der Waals surface area contributed by atoms with Crippen molar-refractivity contribution in [3.63, 3.8) is 0 Å². The molecule has 1 aliphatic heterocycles. The molecule has 0 atom stereocenters. The number of carboxylic acid groups (broad SMARTS) is 1. The number of carboxylic acids is 1. The monoisotopic (exact) mass is 441 g/mol. The molecule has 33 heavy (non-hydrogen) atoms. The Morgan fingerprint density at radius 3 is 2.42 bits per heavy atom. The van der Waals surface area contributed by atoms with E-state index >= 15 is 0 Å². The van der Waals surface area contributed by atoms with Gasteiger partial charge in [-0.1, -0.05) is 24.3 Å². The molecule has 168 valence electrons. The van der Waals surface area contributed by atoms with Gasteiger partial charge in [-0.15, -0.1) is 0 Å². The third kappa shape index (κ3) is 3.58. The van der Waals surface area contributed by atoms with Crippen molar-refractivity contribution in [1.29, 1.82) is 0 Å². The van der Waals surface area contributed by atoms with Crippen LogP contribution in [0.4, 0.5) is 5.69 Å². The van der Waals surface area contributed by atoms with Crippen LogP contribution in [0.25, 0.3) is 11.1 Å². The molecule has 0 aromatic heterocycles. The second-order valence-corrected chi connectivity index (χ2v) is 9.20. The summed E-state index contributed by atoms with van der Waals surface area (Å²) in [4.78, 5) is 26.8. The van der Waals surface area contributed by atoms with Crippen molar-refractivity contribution in [3.8, 4) is 16.9 Å². The fraction of sp³-hybridized carbons (Fsp3) is 0.286. The van der Waals surface area contributed by atoms with Crippen LogP contribution in [-0.2, 0) is 16.6 Å². The predicted molar refractivity (Wildman–Crippen MR) is 128 cm³/mol. The van der Waals surface area contributed by atoms with E-state index in [1.807, 2.05) is 57.3 Å². The number of fused-ring (bicyclic) bond motifs is 1. The minimum Gasteiger partial charge on any atom is -0.493 e.